The summed E-state index contributed by atoms with van der Waals surface area (Å²) in [5, 5.41) is 0. The average Bonchev–Trinajstić information content (AvgIpc) is 2.33. The second kappa shape index (κ2) is 1.82. The van der Waals surface area contributed by atoms with Crippen LogP contribution in [0, 0.1) is 17.8 Å². The molecule has 0 aromatic carbocycles. The van der Waals surface area contributed by atoms with E-state index in [0.717, 1.165) is 6.42 Å². The summed E-state index contributed by atoms with van der Waals surface area (Å²) in [6.07, 6.45) is 7.00. The molecular weight excluding hydrogens is 124 g/mol. The van der Waals surface area contributed by atoms with Crippen molar-refractivity contribution < 1.29 is 4.79 Å². The third kappa shape index (κ3) is 0.505. The predicted octanol–water partition coefficient (Wildman–Crippen LogP) is 1.56. The maximum absolute atomic E-state index is 11.2. The zero-order valence-electron chi connectivity index (χ0n) is 5.79. The molecule has 2 rings (SSSR count). The second-order valence-corrected chi connectivity index (χ2v) is 3.01. The first-order valence-electron chi connectivity index (χ1n) is 3.67. The molecule has 0 aromatic rings. The van der Waals surface area contributed by atoms with Gasteiger partial charge in [-0.05, 0) is 12.3 Å². The Hall–Kier alpha value is -0.850. The van der Waals surface area contributed by atoms with Gasteiger partial charge in [0.15, 0.2) is 0 Å². The molecule has 0 unspecified atom stereocenters. The fourth-order valence-electron chi connectivity index (χ4n) is 1.94. The number of hydrogen-bond donors (Lipinski definition) is 0. The van der Waals surface area contributed by atoms with Gasteiger partial charge >= 0.3 is 0 Å². The Balaban J connectivity index is 2.20. The van der Waals surface area contributed by atoms with E-state index in [0.29, 0.717) is 17.6 Å². The number of allylic oxidation sites excluding steroid dienone is 3. The first-order chi connectivity index (χ1) is 4.84. The van der Waals surface area contributed by atoms with E-state index in [9.17, 15) is 4.79 Å². The van der Waals surface area contributed by atoms with Gasteiger partial charge in [0.2, 0.25) is 0 Å². The Labute approximate surface area is 60.4 Å². The molecule has 0 radical (unpaired) electrons. The van der Waals surface area contributed by atoms with Crippen LogP contribution in [0.25, 0.3) is 0 Å². The van der Waals surface area contributed by atoms with Gasteiger partial charge in [0.1, 0.15) is 5.78 Å². The highest BCUT2D eigenvalue weighted by Gasteiger charge is 2.47. The summed E-state index contributed by atoms with van der Waals surface area (Å²) in [4.78, 5) is 11.2. The summed E-state index contributed by atoms with van der Waals surface area (Å²) < 4.78 is 0. The standard InChI is InChI=1S/C9H10O/c1-2-6-7-4-3-5-8(7)9(6)10/h2-4,6-8H,1,5H2/t6-,7+,8+/m0/s1. The van der Waals surface area contributed by atoms with Crippen molar-refractivity contribution in [1.82, 2.24) is 0 Å². The molecule has 0 spiro atoms. The van der Waals surface area contributed by atoms with Crippen molar-refractivity contribution in [3.8, 4) is 0 Å². The number of Topliss-reactive ketones (excluding diaryl/α,β-unsaturated/α-hetero) is 1. The van der Waals surface area contributed by atoms with Crippen LogP contribution in [0.4, 0.5) is 0 Å². The van der Waals surface area contributed by atoms with Gasteiger partial charge in [0, 0.05) is 11.8 Å². The number of carbonyl (C=O) groups is 1. The van der Waals surface area contributed by atoms with E-state index in [1.807, 2.05) is 0 Å². The third-order valence-electron chi connectivity index (χ3n) is 2.58. The summed E-state index contributed by atoms with van der Waals surface area (Å²) in [5.41, 5.74) is 0. The number of rotatable bonds is 1. The van der Waals surface area contributed by atoms with Crippen LogP contribution in [-0.2, 0) is 4.79 Å². The van der Waals surface area contributed by atoms with E-state index in [2.05, 4.69) is 18.7 Å². The molecule has 2 aliphatic rings. The van der Waals surface area contributed by atoms with Crippen LogP contribution in [0.3, 0.4) is 0 Å². The summed E-state index contributed by atoms with van der Waals surface area (Å²) in [5.74, 6) is 1.36. The van der Waals surface area contributed by atoms with Crippen molar-refractivity contribution in [2.45, 2.75) is 6.42 Å². The van der Waals surface area contributed by atoms with Crippen LogP contribution < -0.4 is 0 Å². The second-order valence-electron chi connectivity index (χ2n) is 3.01. The highest BCUT2D eigenvalue weighted by atomic mass is 16.1. The molecule has 1 nitrogen and oxygen atoms in total. The fraction of sp³-hybridized carbons (Fsp3) is 0.444. The molecule has 0 heterocycles. The van der Waals surface area contributed by atoms with Crippen molar-refractivity contribution in [2.24, 2.45) is 17.8 Å². The number of hydrogen-bond acceptors (Lipinski definition) is 1. The molecule has 3 atom stereocenters. The topological polar surface area (TPSA) is 17.1 Å². The summed E-state index contributed by atoms with van der Waals surface area (Å²) in [6, 6.07) is 0. The molecule has 1 fully saturated rings. The molecule has 0 aromatic heterocycles. The molecule has 0 bridgehead atoms. The smallest absolute Gasteiger partial charge is 0.144 e. The highest BCUT2D eigenvalue weighted by molar-refractivity contribution is 5.93. The maximum atomic E-state index is 11.2. The number of fused-ring (bicyclic) bond motifs is 1. The van der Waals surface area contributed by atoms with Crippen molar-refractivity contribution in [3.63, 3.8) is 0 Å². The largest absolute Gasteiger partial charge is 0.299 e. The Kier molecular flexibility index (Phi) is 1.07. The van der Waals surface area contributed by atoms with Gasteiger partial charge in [-0.25, -0.2) is 0 Å². The van der Waals surface area contributed by atoms with Crippen LogP contribution in [0.1, 0.15) is 6.42 Å². The molecule has 52 valence electrons. The van der Waals surface area contributed by atoms with Gasteiger partial charge in [-0.3, -0.25) is 4.79 Å². The molecular formula is C9H10O. The molecule has 0 saturated heterocycles. The Morgan fingerprint density at radius 2 is 2.50 bits per heavy atom. The van der Waals surface area contributed by atoms with Gasteiger partial charge in [-0.1, -0.05) is 18.2 Å². The van der Waals surface area contributed by atoms with Gasteiger partial charge in [0.05, 0.1) is 0 Å². The van der Waals surface area contributed by atoms with Crippen molar-refractivity contribution in [3.05, 3.63) is 24.8 Å². The third-order valence-corrected chi connectivity index (χ3v) is 2.58. The molecule has 1 saturated carbocycles. The number of ketones is 1. The van der Waals surface area contributed by atoms with Gasteiger partial charge in [0.25, 0.3) is 0 Å². The average molecular weight is 134 g/mol. The SMILES string of the molecule is C=C[C@@H]1C(=O)[C@@H]2CC=C[C@H]12. The predicted molar refractivity (Wildman–Crippen MR) is 39.4 cm³/mol. The lowest BCUT2D eigenvalue weighted by Gasteiger charge is -2.35. The lowest BCUT2D eigenvalue weighted by molar-refractivity contribution is -0.136. The first kappa shape index (κ1) is 5.90. The van der Waals surface area contributed by atoms with Crippen LogP contribution in [0.15, 0.2) is 24.8 Å². The van der Waals surface area contributed by atoms with Gasteiger partial charge < -0.3 is 0 Å². The van der Waals surface area contributed by atoms with Crippen molar-refractivity contribution >= 4 is 5.78 Å². The molecule has 0 aliphatic heterocycles. The molecule has 10 heavy (non-hydrogen) atoms. The van der Waals surface area contributed by atoms with E-state index in [1.165, 1.54) is 0 Å². The van der Waals surface area contributed by atoms with E-state index < -0.39 is 0 Å². The van der Waals surface area contributed by atoms with E-state index in [4.69, 9.17) is 0 Å². The van der Waals surface area contributed by atoms with E-state index >= 15 is 0 Å². The lowest BCUT2D eigenvalue weighted by atomic mass is 9.65. The minimum Gasteiger partial charge on any atom is -0.299 e. The highest BCUT2D eigenvalue weighted by Crippen LogP contribution is 2.44. The first-order valence-corrected chi connectivity index (χ1v) is 3.67. The van der Waals surface area contributed by atoms with Crippen LogP contribution >= 0.6 is 0 Å². The van der Waals surface area contributed by atoms with Crippen molar-refractivity contribution in [2.75, 3.05) is 0 Å². The zero-order chi connectivity index (χ0) is 7.14. The van der Waals surface area contributed by atoms with Crippen LogP contribution in [0.5, 0.6) is 0 Å². The normalized spacial score (nSPS) is 42.8. The summed E-state index contributed by atoms with van der Waals surface area (Å²) >= 11 is 0. The molecule has 0 N–H and O–H groups in total. The Bertz CT molecular complexity index is 215. The summed E-state index contributed by atoms with van der Waals surface area (Å²) in [6.45, 7) is 3.64. The van der Waals surface area contributed by atoms with Gasteiger partial charge in [-0.15, -0.1) is 6.58 Å². The lowest BCUT2D eigenvalue weighted by Crippen LogP contribution is -2.42. The van der Waals surface area contributed by atoms with Crippen LogP contribution in [-0.4, -0.2) is 5.78 Å². The summed E-state index contributed by atoms with van der Waals surface area (Å²) in [7, 11) is 0. The number of carbonyl (C=O) groups excluding carboxylic acids is 1. The fourth-order valence-corrected chi connectivity index (χ4v) is 1.94. The minimum absolute atomic E-state index is 0.142. The molecule has 2 aliphatic carbocycles. The monoisotopic (exact) mass is 134 g/mol. The van der Waals surface area contributed by atoms with Crippen LogP contribution in [0.2, 0.25) is 0 Å². The van der Waals surface area contributed by atoms with Crippen molar-refractivity contribution in [1.29, 1.82) is 0 Å². The maximum Gasteiger partial charge on any atom is 0.144 e. The van der Waals surface area contributed by atoms with E-state index in [1.54, 1.807) is 6.08 Å². The minimum atomic E-state index is 0.142. The quantitative estimate of drug-likeness (QED) is 0.497. The molecule has 0 amide bonds. The van der Waals surface area contributed by atoms with E-state index in [-0.39, 0.29) is 5.92 Å². The zero-order valence-corrected chi connectivity index (χ0v) is 5.79. The Morgan fingerprint density at radius 3 is 3.20 bits per heavy atom. The molecule has 1 heteroatoms. The Morgan fingerprint density at radius 1 is 1.70 bits per heavy atom. The van der Waals surface area contributed by atoms with Gasteiger partial charge in [-0.2, -0.15) is 0 Å².